The van der Waals surface area contributed by atoms with Crippen molar-refractivity contribution in [2.75, 3.05) is 0 Å². The second-order valence-corrected chi connectivity index (χ2v) is 6.71. The van der Waals surface area contributed by atoms with E-state index in [4.69, 9.17) is 5.21 Å². The molecule has 0 saturated heterocycles. The average molecular weight is 330 g/mol. The molecular weight excluding hydrogens is 308 g/mol. The Hall–Kier alpha value is -2.67. The first-order chi connectivity index (χ1) is 11.2. The highest BCUT2D eigenvalue weighted by Gasteiger charge is 2.29. The molecule has 1 aromatic heterocycles. The van der Waals surface area contributed by atoms with Gasteiger partial charge in [0.1, 0.15) is 5.69 Å². The lowest BCUT2D eigenvalue weighted by Crippen LogP contribution is -2.37. The monoisotopic (exact) mass is 330 g/mol. The van der Waals surface area contributed by atoms with Gasteiger partial charge in [0, 0.05) is 18.8 Å². The van der Waals surface area contributed by atoms with Crippen LogP contribution in [0.2, 0.25) is 0 Å². The number of aryl methyl sites for hydroxylation is 1. The van der Waals surface area contributed by atoms with Crippen molar-refractivity contribution in [1.29, 1.82) is 0 Å². The highest BCUT2D eigenvalue weighted by Crippen LogP contribution is 2.33. The number of hydrogen-bond donors (Lipinski definition) is 3. The summed E-state index contributed by atoms with van der Waals surface area (Å²) in [6.07, 6.45) is 1.71. The third kappa shape index (κ3) is 3.99. The second kappa shape index (κ2) is 6.84. The summed E-state index contributed by atoms with van der Waals surface area (Å²) in [6.45, 7) is 6.06. The van der Waals surface area contributed by atoms with Gasteiger partial charge >= 0.3 is 0 Å². The number of carbonyl (C=O) groups is 2. The lowest BCUT2D eigenvalue weighted by molar-refractivity contribution is 0.0706. The molecule has 128 valence electrons. The predicted molar refractivity (Wildman–Crippen MR) is 88.6 cm³/mol. The Labute approximate surface area is 140 Å². The molecule has 7 heteroatoms. The lowest BCUT2D eigenvalue weighted by atomic mass is 9.82. The molecule has 1 atom stereocenters. The molecule has 1 aromatic carbocycles. The minimum absolute atomic E-state index is 0.245. The van der Waals surface area contributed by atoms with Gasteiger partial charge in [0.15, 0.2) is 0 Å². The molecule has 2 aromatic rings. The van der Waals surface area contributed by atoms with E-state index in [0.717, 1.165) is 5.56 Å². The number of amides is 2. The van der Waals surface area contributed by atoms with Crippen molar-refractivity contribution in [3.63, 3.8) is 0 Å². The number of aromatic nitrogens is 2. The fourth-order valence-corrected chi connectivity index (χ4v) is 2.43. The molecule has 0 fully saturated rings. The van der Waals surface area contributed by atoms with Crippen molar-refractivity contribution < 1.29 is 14.8 Å². The normalized spacial score (nSPS) is 12.5. The van der Waals surface area contributed by atoms with Gasteiger partial charge in [-0.05, 0) is 29.2 Å². The predicted octanol–water partition coefficient (Wildman–Crippen LogP) is 2.06. The van der Waals surface area contributed by atoms with Crippen molar-refractivity contribution in [2.24, 2.45) is 12.5 Å². The van der Waals surface area contributed by atoms with Crippen LogP contribution in [0.5, 0.6) is 0 Å². The van der Waals surface area contributed by atoms with Gasteiger partial charge in [-0.15, -0.1) is 0 Å². The summed E-state index contributed by atoms with van der Waals surface area (Å²) < 4.78 is 1.57. The number of rotatable bonds is 4. The van der Waals surface area contributed by atoms with E-state index in [-0.39, 0.29) is 17.4 Å². The van der Waals surface area contributed by atoms with E-state index in [1.807, 2.05) is 20.8 Å². The van der Waals surface area contributed by atoms with Crippen LogP contribution in [-0.4, -0.2) is 26.8 Å². The Morgan fingerprint density at radius 3 is 2.21 bits per heavy atom. The van der Waals surface area contributed by atoms with E-state index < -0.39 is 5.91 Å². The molecule has 2 rings (SSSR count). The third-order valence-corrected chi connectivity index (χ3v) is 3.70. The molecule has 0 bridgehead atoms. The third-order valence-electron chi connectivity index (χ3n) is 3.70. The molecule has 1 heterocycles. The maximum absolute atomic E-state index is 12.4. The van der Waals surface area contributed by atoms with Crippen molar-refractivity contribution in [3.8, 4) is 0 Å². The topological polar surface area (TPSA) is 96.2 Å². The molecule has 24 heavy (non-hydrogen) atoms. The van der Waals surface area contributed by atoms with Gasteiger partial charge in [0.2, 0.25) is 0 Å². The van der Waals surface area contributed by atoms with Gasteiger partial charge in [-0.25, -0.2) is 5.48 Å². The smallest absolute Gasteiger partial charge is 0.274 e. The van der Waals surface area contributed by atoms with Gasteiger partial charge < -0.3 is 5.32 Å². The van der Waals surface area contributed by atoms with Crippen LogP contribution in [0, 0.1) is 5.41 Å². The molecule has 0 saturated carbocycles. The first-order valence-electron chi connectivity index (χ1n) is 7.57. The van der Waals surface area contributed by atoms with E-state index in [1.165, 1.54) is 0 Å². The van der Waals surface area contributed by atoms with Crippen molar-refractivity contribution >= 4 is 11.8 Å². The van der Waals surface area contributed by atoms with E-state index in [2.05, 4.69) is 10.4 Å². The number of benzene rings is 1. The van der Waals surface area contributed by atoms with Crippen molar-refractivity contribution in [3.05, 3.63) is 53.3 Å². The molecule has 2 amide bonds. The van der Waals surface area contributed by atoms with Crippen LogP contribution in [-0.2, 0) is 7.05 Å². The summed E-state index contributed by atoms with van der Waals surface area (Å²) in [5, 5.41) is 15.8. The van der Waals surface area contributed by atoms with Gasteiger partial charge in [-0.2, -0.15) is 5.10 Å². The van der Waals surface area contributed by atoms with Crippen molar-refractivity contribution in [2.45, 2.75) is 26.8 Å². The quantitative estimate of drug-likeness (QED) is 0.590. The SMILES string of the molecule is Cn1ccc(C(=O)NC(c2ccc(C(=O)NO)cc2)C(C)(C)C)n1. The molecule has 0 radical (unpaired) electrons. The summed E-state index contributed by atoms with van der Waals surface area (Å²) in [5.74, 6) is -0.834. The molecular formula is C17H22N4O3. The molecule has 7 nitrogen and oxygen atoms in total. The lowest BCUT2D eigenvalue weighted by Gasteiger charge is -2.31. The summed E-state index contributed by atoms with van der Waals surface area (Å²) in [7, 11) is 1.75. The van der Waals surface area contributed by atoms with Gasteiger partial charge in [-0.1, -0.05) is 32.9 Å². The summed E-state index contributed by atoms with van der Waals surface area (Å²) in [4.78, 5) is 23.8. The maximum atomic E-state index is 12.4. The van der Waals surface area contributed by atoms with Crippen LogP contribution in [0.15, 0.2) is 36.5 Å². The average Bonchev–Trinajstić information content (AvgIpc) is 2.97. The van der Waals surface area contributed by atoms with Crippen LogP contribution < -0.4 is 10.8 Å². The van der Waals surface area contributed by atoms with E-state index in [0.29, 0.717) is 11.3 Å². The zero-order valence-electron chi connectivity index (χ0n) is 14.2. The first kappa shape index (κ1) is 17.7. The van der Waals surface area contributed by atoms with E-state index >= 15 is 0 Å². The molecule has 0 aliphatic carbocycles. The van der Waals surface area contributed by atoms with Crippen LogP contribution in [0.1, 0.15) is 53.2 Å². The van der Waals surface area contributed by atoms with E-state index in [9.17, 15) is 9.59 Å². The maximum Gasteiger partial charge on any atom is 0.274 e. The minimum atomic E-state index is -0.577. The standard InChI is InChI=1S/C17H22N4O3/c1-17(2,3)14(18-16(23)13-9-10-21(4)19-13)11-5-7-12(8-6-11)15(22)20-24/h5-10,14,24H,1-4H3,(H,18,23)(H,20,22). The molecule has 0 aliphatic rings. The Morgan fingerprint density at radius 2 is 1.75 bits per heavy atom. The molecule has 0 aliphatic heterocycles. The van der Waals surface area contributed by atoms with Gasteiger partial charge in [0.05, 0.1) is 6.04 Å². The highest BCUT2D eigenvalue weighted by molar-refractivity contribution is 5.93. The summed E-state index contributed by atoms with van der Waals surface area (Å²) >= 11 is 0. The number of hydrogen-bond acceptors (Lipinski definition) is 4. The first-order valence-corrected chi connectivity index (χ1v) is 7.57. The Kier molecular flexibility index (Phi) is 5.04. The zero-order chi connectivity index (χ0) is 17.9. The van der Waals surface area contributed by atoms with Gasteiger partial charge in [-0.3, -0.25) is 19.5 Å². The Balaban J connectivity index is 2.26. The largest absolute Gasteiger partial charge is 0.343 e. The number of carbonyl (C=O) groups excluding carboxylic acids is 2. The summed E-state index contributed by atoms with van der Waals surface area (Å²) in [6, 6.07) is 8.12. The summed E-state index contributed by atoms with van der Waals surface area (Å²) in [5.41, 5.74) is 2.90. The van der Waals surface area contributed by atoms with Crippen LogP contribution in [0.25, 0.3) is 0 Å². The highest BCUT2D eigenvalue weighted by atomic mass is 16.5. The molecule has 0 spiro atoms. The fourth-order valence-electron chi connectivity index (χ4n) is 2.43. The Bertz CT molecular complexity index is 729. The molecule has 1 unspecified atom stereocenters. The van der Waals surface area contributed by atoms with Crippen molar-refractivity contribution in [1.82, 2.24) is 20.6 Å². The van der Waals surface area contributed by atoms with E-state index in [1.54, 1.807) is 53.7 Å². The van der Waals surface area contributed by atoms with Crippen LogP contribution in [0.4, 0.5) is 0 Å². The molecule has 3 N–H and O–H groups in total. The fraction of sp³-hybridized carbons (Fsp3) is 0.353. The minimum Gasteiger partial charge on any atom is -0.343 e. The van der Waals surface area contributed by atoms with Crippen LogP contribution >= 0.6 is 0 Å². The number of nitrogens with one attached hydrogen (secondary N) is 2. The second-order valence-electron chi connectivity index (χ2n) is 6.71. The zero-order valence-corrected chi connectivity index (χ0v) is 14.2. The number of hydroxylamine groups is 1. The Morgan fingerprint density at radius 1 is 1.12 bits per heavy atom. The van der Waals surface area contributed by atoms with Crippen LogP contribution in [0.3, 0.4) is 0 Å². The van der Waals surface area contributed by atoms with Gasteiger partial charge in [0.25, 0.3) is 11.8 Å². The number of nitrogens with zero attached hydrogens (tertiary/aromatic N) is 2.